The topological polar surface area (TPSA) is 55.8 Å². The van der Waals surface area contributed by atoms with Gasteiger partial charge in [0.05, 0.1) is 6.61 Å². The molecule has 0 radical (unpaired) electrons. The molecule has 0 saturated heterocycles. The van der Waals surface area contributed by atoms with Gasteiger partial charge in [-0.1, -0.05) is 32.6 Å². The van der Waals surface area contributed by atoms with Gasteiger partial charge in [0.1, 0.15) is 26.6 Å². The van der Waals surface area contributed by atoms with Crippen LogP contribution in [-0.4, -0.2) is 55.4 Å². The van der Waals surface area contributed by atoms with E-state index in [0.29, 0.717) is 19.8 Å². The number of hydrogen-bond acceptors (Lipinski definition) is 4. The Morgan fingerprint density at radius 2 is 1.57 bits per heavy atom. The third-order valence-corrected chi connectivity index (χ3v) is 3.86. The predicted octanol–water partition coefficient (Wildman–Crippen LogP) is 3.07. The number of amides is 2. The lowest BCUT2D eigenvalue weighted by molar-refractivity contribution is -1.03. The van der Waals surface area contributed by atoms with Crippen molar-refractivity contribution in [3.63, 3.8) is 0 Å². The first kappa shape index (κ1) is 22.0. The zero-order valence-corrected chi connectivity index (χ0v) is 15.6. The molecule has 23 heavy (non-hydrogen) atoms. The number of quaternary nitrogens is 1. The molecule has 0 saturated carbocycles. The monoisotopic (exact) mass is 331 g/mol. The van der Waals surface area contributed by atoms with Crippen molar-refractivity contribution in [1.29, 1.82) is 0 Å². The van der Waals surface area contributed by atoms with E-state index in [4.69, 9.17) is 9.68 Å². The largest absolute Gasteiger partial charge is 0.355 e. The van der Waals surface area contributed by atoms with Gasteiger partial charge in [0, 0.05) is 7.05 Å². The first-order valence-corrected chi connectivity index (χ1v) is 8.84. The molecular formula is C17H35N2O4+. The number of unbranched alkanes of at least 4 members (excludes halogenated alkanes) is 5. The Labute approximate surface area is 141 Å². The summed E-state index contributed by atoms with van der Waals surface area (Å²) in [7, 11) is 3.27. The molecule has 6 nitrogen and oxygen atoms in total. The number of carbonyl (C=O) groups is 2. The Morgan fingerprint density at radius 3 is 2.13 bits per heavy atom. The normalized spacial score (nSPS) is 13.6. The highest BCUT2D eigenvalue weighted by molar-refractivity contribution is 5.93. The lowest BCUT2D eigenvalue weighted by atomic mass is 10.1. The van der Waals surface area contributed by atoms with Gasteiger partial charge in [-0.25, -0.2) is 9.86 Å². The molecule has 0 N–H and O–H groups in total. The van der Waals surface area contributed by atoms with Crippen LogP contribution < -0.4 is 0 Å². The molecule has 1 unspecified atom stereocenters. The first-order valence-electron chi connectivity index (χ1n) is 8.84. The molecule has 0 spiro atoms. The molecular weight excluding hydrogens is 296 g/mol. The second-order valence-corrected chi connectivity index (χ2v) is 5.89. The highest BCUT2D eigenvalue weighted by Gasteiger charge is 2.35. The fourth-order valence-corrected chi connectivity index (χ4v) is 2.41. The zero-order valence-electron chi connectivity index (χ0n) is 15.6. The minimum Gasteiger partial charge on any atom is -0.272 e. The van der Waals surface area contributed by atoms with Gasteiger partial charge in [0.15, 0.2) is 0 Å². The molecule has 0 aromatic rings. The fourth-order valence-electron chi connectivity index (χ4n) is 2.41. The van der Waals surface area contributed by atoms with Crippen LogP contribution in [0.15, 0.2) is 0 Å². The molecule has 6 heteroatoms. The van der Waals surface area contributed by atoms with E-state index >= 15 is 0 Å². The quantitative estimate of drug-likeness (QED) is 0.225. The number of hydroxylamine groups is 5. The molecule has 0 bridgehead atoms. The molecule has 0 fully saturated rings. The summed E-state index contributed by atoms with van der Waals surface area (Å²) in [5.74, 6) is -0.569. The second kappa shape index (κ2) is 12.4. The van der Waals surface area contributed by atoms with Crippen molar-refractivity contribution >= 4 is 11.8 Å². The summed E-state index contributed by atoms with van der Waals surface area (Å²) in [6.45, 7) is 7.28. The molecule has 0 aliphatic carbocycles. The van der Waals surface area contributed by atoms with Crippen LogP contribution in [0, 0.1) is 0 Å². The van der Waals surface area contributed by atoms with E-state index in [0.717, 1.165) is 17.9 Å². The molecule has 2 amide bonds. The smallest absolute Gasteiger partial charge is 0.272 e. The Bertz CT molecular complexity index is 349. The van der Waals surface area contributed by atoms with Gasteiger partial charge in [0.2, 0.25) is 0 Å². The van der Waals surface area contributed by atoms with Crippen LogP contribution in [0.2, 0.25) is 0 Å². The van der Waals surface area contributed by atoms with E-state index in [9.17, 15) is 9.59 Å². The van der Waals surface area contributed by atoms with Gasteiger partial charge < -0.3 is 0 Å². The number of rotatable bonds is 13. The molecule has 0 rings (SSSR count). The van der Waals surface area contributed by atoms with Crippen LogP contribution in [0.25, 0.3) is 0 Å². The van der Waals surface area contributed by atoms with E-state index in [2.05, 4.69) is 6.92 Å². The third-order valence-electron chi connectivity index (χ3n) is 3.86. The summed E-state index contributed by atoms with van der Waals surface area (Å²) in [4.78, 5) is 35.2. The van der Waals surface area contributed by atoms with E-state index in [1.165, 1.54) is 32.7 Å². The van der Waals surface area contributed by atoms with Crippen molar-refractivity contribution in [2.24, 2.45) is 0 Å². The predicted molar refractivity (Wildman–Crippen MR) is 90.1 cm³/mol. The standard InChI is InChI=1S/C17H35N2O4/c1-6-9-10-11-12-13-14-19(5,23-8-3)17(21)15-16(20)18(4)22-7-2/h6-15H2,1-5H3/q+1. The van der Waals surface area contributed by atoms with Gasteiger partial charge in [-0.3, -0.25) is 9.63 Å². The Hall–Kier alpha value is -0.980. The van der Waals surface area contributed by atoms with Gasteiger partial charge >= 0.3 is 5.91 Å². The van der Waals surface area contributed by atoms with Crippen molar-refractivity contribution < 1.29 is 23.9 Å². The highest BCUT2D eigenvalue weighted by Crippen LogP contribution is 2.14. The van der Waals surface area contributed by atoms with Crippen LogP contribution in [-0.2, 0) is 19.3 Å². The van der Waals surface area contributed by atoms with Crippen LogP contribution in [0.3, 0.4) is 0 Å². The molecule has 0 aromatic carbocycles. The van der Waals surface area contributed by atoms with Crippen molar-refractivity contribution in [1.82, 2.24) is 5.06 Å². The maximum absolute atomic E-state index is 12.5. The van der Waals surface area contributed by atoms with E-state index in [1.54, 1.807) is 14.0 Å². The van der Waals surface area contributed by atoms with E-state index in [-0.39, 0.29) is 22.9 Å². The lowest BCUT2D eigenvalue weighted by Crippen LogP contribution is -2.51. The average Bonchev–Trinajstić information content (AvgIpc) is 2.51. The summed E-state index contributed by atoms with van der Waals surface area (Å²) in [6.07, 6.45) is 6.70. The van der Waals surface area contributed by atoms with Crippen LogP contribution in [0.1, 0.15) is 65.7 Å². The van der Waals surface area contributed by atoms with Crippen LogP contribution in [0.5, 0.6) is 0 Å². The SMILES string of the molecule is CCCCCCCC[N+](C)(OCC)C(=O)CC(=O)N(C)OCC. The minimum absolute atomic E-state index is 0.143. The number of nitrogens with zero attached hydrogens (tertiary/aromatic N) is 2. The average molecular weight is 331 g/mol. The summed E-state index contributed by atoms with van der Waals surface area (Å²) < 4.78 is -0.143. The molecule has 1 atom stereocenters. The van der Waals surface area contributed by atoms with Crippen LogP contribution >= 0.6 is 0 Å². The van der Waals surface area contributed by atoms with Gasteiger partial charge in [-0.2, -0.15) is 4.84 Å². The van der Waals surface area contributed by atoms with E-state index in [1.807, 2.05) is 6.92 Å². The third kappa shape index (κ3) is 9.03. The summed E-state index contributed by atoms with van der Waals surface area (Å²) in [5.41, 5.74) is 0. The van der Waals surface area contributed by atoms with Crippen molar-refractivity contribution in [3.8, 4) is 0 Å². The second-order valence-electron chi connectivity index (χ2n) is 5.89. The minimum atomic E-state index is -0.344. The maximum Gasteiger partial charge on any atom is 0.355 e. The Morgan fingerprint density at radius 1 is 0.957 bits per heavy atom. The highest BCUT2D eigenvalue weighted by atomic mass is 16.7. The molecule has 0 heterocycles. The molecule has 0 aliphatic rings. The van der Waals surface area contributed by atoms with Crippen LogP contribution in [0.4, 0.5) is 0 Å². The van der Waals surface area contributed by atoms with Crippen molar-refractivity contribution in [2.75, 3.05) is 33.9 Å². The summed E-state index contributed by atoms with van der Waals surface area (Å²) in [6, 6.07) is 0. The molecule has 0 aliphatic heterocycles. The molecule has 136 valence electrons. The lowest BCUT2D eigenvalue weighted by Gasteiger charge is -2.28. The maximum atomic E-state index is 12.5. The van der Waals surface area contributed by atoms with Gasteiger partial charge in [-0.15, -0.1) is 4.65 Å². The Balaban J connectivity index is 4.42. The van der Waals surface area contributed by atoms with E-state index < -0.39 is 0 Å². The van der Waals surface area contributed by atoms with Gasteiger partial charge in [0.25, 0.3) is 5.91 Å². The fraction of sp³-hybridized carbons (Fsp3) is 0.882. The number of carbonyl (C=O) groups excluding carboxylic acids is 2. The summed E-state index contributed by atoms with van der Waals surface area (Å²) >= 11 is 0. The van der Waals surface area contributed by atoms with Crippen molar-refractivity contribution in [2.45, 2.75) is 65.7 Å². The Kier molecular flexibility index (Phi) is 11.9. The zero-order chi connectivity index (χ0) is 17.7. The van der Waals surface area contributed by atoms with Crippen molar-refractivity contribution in [3.05, 3.63) is 0 Å². The first-order chi connectivity index (χ1) is 10.9. The number of hydrogen-bond donors (Lipinski definition) is 0. The summed E-state index contributed by atoms with van der Waals surface area (Å²) in [5, 5.41) is 1.12. The molecule has 0 aromatic heterocycles. The van der Waals surface area contributed by atoms with Gasteiger partial charge in [-0.05, 0) is 26.7 Å².